The Balaban J connectivity index is 1.73. The molecular weight excluding hydrogens is 254 g/mol. The molecule has 2 rings (SSSR count). The van der Waals surface area contributed by atoms with E-state index in [0.717, 1.165) is 24.5 Å². The van der Waals surface area contributed by atoms with E-state index in [0.29, 0.717) is 19.1 Å². The molecule has 0 fully saturated rings. The quantitative estimate of drug-likeness (QED) is 0.749. The van der Waals surface area contributed by atoms with Crippen LogP contribution >= 0.6 is 0 Å². The van der Waals surface area contributed by atoms with Crippen LogP contribution in [0, 0.1) is 0 Å². The van der Waals surface area contributed by atoms with Gasteiger partial charge in [0.2, 0.25) is 5.88 Å². The molecule has 1 N–H and O–H groups in total. The first-order chi connectivity index (χ1) is 9.88. The van der Waals surface area contributed by atoms with Crippen LogP contribution in [0.1, 0.15) is 13.3 Å². The lowest BCUT2D eigenvalue weighted by atomic mass is 10.3. The molecule has 1 aromatic heterocycles. The van der Waals surface area contributed by atoms with Crippen LogP contribution in [0.25, 0.3) is 0 Å². The fourth-order valence-electron chi connectivity index (χ4n) is 1.58. The molecule has 0 radical (unpaired) electrons. The first-order valence-electron chi connectivity index (χ1n) is 6.75. The second-order valence-corrected chi connectivity index (χ2v) is 4.18. The van der Waals surface area contributed by atoms with Gasteiger partial charge in [0, 0.05) is 6.54 Å². The first-order valence-corrected chi connectivity index (χ1v) is 6.75. The van der Waals surface area contributed by atoms with Crippen molar-refractivity contribution in [3.63, 3.8) is 0 Å². The van der Waals surface area contributed by atoms with Gasteiger partial charge in [-0.1, -0.05) is 25.1 Å². The lowest BCUT2D eigenvalue weighted by molar-refractivity contribution is 0.211. The number of rotatable bonds is 8. The standard InChI is InChI=1S/C15H19N3O2/c1-2-8-17-14-11-16-12-15(18-14)20-10-9-19-13-6-4-3-5-7-13/h3-7,11-12H,2,8-10H2,1H3,(H,17,18). The Bertz CT molecular complexity index is 505. The Morgan fingerprint density at radius 3 is 2.65 bits per heavy atom. The van der Waals surface area contributed by atoms with Gasteiger partial charge in [-0.25, -0.2) is 0 Å². The summed E-state index contributed by atoms with van der Waals surface area (Å²) in [7, 11) is 0. The van der Waals surface area contributed by atoms with Gasteiger partial charge in [0.25, 0.3) is 0 Å². The van der Waals surface area contributed by atoms with Gasteiger partial charge >= 0.3 is 0 Å². The molecule has 5 nitrogen and oxygen atoms in total. The Kier molecular flexibility index (Phi) is 5.64. The van der Waals surface area contributed by atoms with Gasteiger partial charge in [-0.05, 0) is 18.6 Å². The van der Waals surface area contributed by atoms with Crippen molar-refractivity contribution in [3.8, 4) is 11.6 Å². The average Bonchev–Trinajstić information content (AvgIpc) is 2.51. The molecular formula is C15H19N3O2. The van der Waals surface area contributed by atoms with Crippen LogP contribution < -0.4 is 14.8 Å². The molecule has 0 bridgehead atoms. The van der Waals surface area contributed by atoms with E-state index >= 15 is 0 Å². The molecule has 2 aromatic rings. The highest BCUT2D eigenvalue weighted by atomic mass is 16.5. The van der Waals surface area contributed by atoms with Crippen LogP contribution in [0.15, 0.2) is 42.7 Å². The monoisotopic (exact) mass is 273 g/mol. The second-order valence-electron chi connectivity index (χ2n) is 4.18. The van der Waals surface area contributed by atoms with E-state index in [4.69, 9.17) is 9.47 Å². The molecule has 0 aliphatic heterocycles. The minimum Gasteiger partial charge on any atom is -0.490 e. The van der Waals surface area contributed by atoms with Gasteiger partial charge in [-0.3, -0.25) is 4.98 Å². The number of aromatic nitrogens is 2. The number of hydrogen-bond acceptors (Lipinski definition) is 5. The molecule has 0 saturated heterocycles. The van der Waals surface area contributed by atoms with Crippen molar-refractivity contribution in [2.45, 2.75) is 13.3 Å². The van der Waals surface area contributed by atoms with Gasteiger partial charge < -0.3 is 14.8 Å². The van der Waals surface area contributed by atoms with E-state index in [1.54, 1.807) is 12.4 Å². The summed E-state index contributed by atoms with van der Waals surface area (Å²) in [6.07, 6.45) is 4.32. The van der Waals surface area contributed by atoms with Crippen LogP contribution in [0.5, 0.6) is 11.6 Å². The third-order valence-corrected chi connectivity index (χ3v) is 2.51. The fourth-order valence-corrected chi connectivity index (χ4v) is 1.58. The largest absolute Gasteiger partial charge is 0.490 e. The van der Waals surface area contributed by atoms with Crippen LogP contribution in [-0.4, -0.2) is 29.7 Å². The summed E-state index contributed by atoms with van der Waals surface area (Å²) < 4.78 is 11.0. The highest BCUT2D eigenvalue weighted by Gasteiger charge is 1.99. The van der Waals surface area contributed by atoms with Crippen LogP contribution in [-0.2, 0) is 0 Å². The maximum Gasteiger partial charge on any atom is 0.234 e. The summed E-state index contributed by atoms with van der Waals surface area (Å²) in [6, 6.07) is 9.65. The van der Waals surface area contributed by atoms with Gasteiger partial charge in [-0.2, -0.15) is 4.98 Å². The molecule has 106 valence electrons. The van der Waals surface area contributed by atoms with E-state index < -0.39 is 0 Å². The molecule has 1 aromatic carbocycles. The van der Waals surface area contributed by atoms with Crippen molar-refractivity contribution in [2.24, 2.45) is 0 Å². The molecule has 1 heterocycles. The molecule has 0 atom stereocenters. The van der Waals surface area contributed by atoms with E-state index in [-0.39, 0.29) is 0 Å². The minimum atomic E-state index is 0.431. The Morgan fingerprint density at radius 1 is 1.05 bits per heavy atom. The Morgan fingerprint density at radius 2 is 1.85 bits per heavy atom. The summed E-state index contributed by atoms with van der Waals surface area (Å²) in [4.78, 5) is 8.39. The van der Waals surface area contributed by atoms with Crippen molar-refractivity contribution in [1.82, 2.24) is 9.97 Å². The van der Waals surface area contributed by atoms with Crippen LogP contribution in [0.3, 0.4) is 0 Å². The molecule has 0 unspecified atom stereocenters. The number of hydrogen-bond donors (Lipinski definition) is 1. The highest BCUT2D eigenvalue weighted by molar-refractivity contribution is 5.32. The third kappa shape index (κ3) is 4.76. The van der Waals surface area contributed by atoms with Gasteiger partial charge in [0.05, 0.1) is 12.4 Å². The number of anilines is 1. The number of ether oxygens (including phenoxy) is 2. The van der Waals surface area contributed by atoms with Crippen molar-refractivity contribution in [2.75, 3.05) is 25.1 Å². The first kappa shape index (κ1) is 14.1. The van der Waals surface area contributed by atoms with Gasteiger partial charge in [-0.15, -0.1) is 0 Å². The molecule has 0 aliphatic carbocycles. The zero-order valence-corrected chi connectivity index (χ0v) is 11.6. The van der Waals surface area contributed by atoms with Gasteiger partial charge in [0.1, 0.15) is 24.8 Å². The van der Waals surface area contributed by atoms with Crippen molar-refractivity contribution in [1.29, 1.82) is 0 Å². The lowest BCUT2D eigenvalue weighted by Crippen LogP contribution is -2.10. The molecule has 5 heteroatoms. The van der Waals surface area contributed by atoms with E-state index in [2.05, 4.69) is 22.2 Å². The Hall–Kier alpha value is -2.30. The minimum absolute atomic E-state index is 0.431. The van der Waals surface area contributed by atoms with Crippen molar-refractivity contribution >= 4 is 5.82 Å². The normalized spacial score (nSPS) is 10.1. The molecule has 20 heavy (non-hydrogen) atoms. The summed E-state index contributed by atoms with van der Waals surface area (Å²) in [5.74, 6) is 2.07. The fraction of sp³-hybridized carbons (Fsp3) is 0.333. The summed E-state index contributed by atoms with van der Waals surface area (Å²) in [5, 5.41) is 3.17. The lowest BCUT2D eigenvalue weighted by Gasteiger charge is -2.08. The number of benzene rings is 1. The molecule has 0 saturated carbocycles. The summed E-state index contributed by atoms with van der Waals surface area (Å²) in [6.45, 7) is 3.87. The number of para-hydroxylation sites is 1. The second kappa shape index (κ2) is 7.99. The molecule has 0 aliphatic rings. The topological polar surface area (TPSA) is 56.3 Å². The van der Waals surface area contributed by atoms with E-state index in [9.17, 15) is 0 Å². The maximum atomic E-state index is 5.53. The average molecular weight is 273 g/mol. The zero-order valence-electron chi connectivity index (χ0n) is 11.6. The van der Waals surface area contributed by atoms with Crippen molar-refractivity contribution in [3.05, 3.63) is 42.7 Å². The number of nitrogens with zero attached hydrogens (tertiary/aromatic N) is 2. The summed E-state index contributed by atoms with van der Waals surface area (Å²) >= 11 is 0. The van der Waals surface area contributed by atoms with Gasteiger partial charge in [0.15, 0.2) is 0 Å². The highest BCUT2D eigenvalue weighted by Crippen LogP contribution is 2.10. The predicted octanol–water partition coefficient (Wildman–Crippen LogP) is 2.76. The smallest absolute Gasteiger partial charge is 0.234 e. The molecule has 0 amide bonds. The summed E-state index contributed by atoms with van der Waals surface area (Å²) in [5.41, 5.74) is 0. The molecule has 0 spiro atoms. The van der Waals surface area contributed by atoms with E-state index in [1.807, 2.05) is 30.3 Å². The maximum absolute atomic E-state index is 5.53. The zero-order chi connectivity index (χ0) is 14.0. The predicted molar refractivity (Wildman–Crippen MR) is 78.2 cm³/mol. The van der Waals surface area contributed by atoms with Crippen LogP contribution in [0.4, 0.5) is 5.82 Å². The van der Waals surface area contributed by atoms with Crippen LogP contribution in [0.2, 0.25) is 0 Å². The van der Waals surface area contributed by atoms with Crippen molar-refractivity contribution < 1.29 is 9.47 Å². The van der Waals surface area contributed by atoms with E-state index in [1.165, 1.54) is 0 Å². The third-order valence-electron chi connectivity index (χ3n) is 2.51. The SMILES string of the molecule is CCCNc1cncc(OCCOc2ccccc2)n1. The number of nitrogens with one attached hydrogen (secondary N) is 1. The Labute approximate surface area is 119 Å².